The SMILES string of the molecule is COc1cccc(CNC(=O)C2CCC(O)CC2)c1. The van der Waals surface area contributed by atoms with Crippen LogP contribution in [0.15, 0.2) is 24.3 Å². The number of amides is 1. The van der Waals surface area contributed by atoms with E-state index in [1.165, 1.54) is 0 Å². The average molecular weight is 263 g/mol. The van der Waals surface area contributed by atoms with Gasteiger partial charge in [0, 0.05) is 12.5 Å². The first kappa shape index (κ1) is 13.9. The van der Waals surface area contributed by atoms with E-state index in [1.54, 1.807) is 7.11 Å². The molecule has 1 saturated carbocycles. The molecule has 0 heterocycles. The number of carbonyl (C=O) groups excluding carboxylic acids is 1. The fraction of sp³-hybridized carbons (Fsp3) is 0.533. The summed E-state index contributed by atoms with van der Waals surface area (Å²) in [6.07, 6.45) is 2.81. The van der Waals surface area contributed by atoms with Gasteiger partial charge < -0.3 is 15.2 Å². The van der Waals surface area contributed by atoms with Gasteiger partial charge in [-0.05, 0) is 43.4 Å². The number of nitrogens with one attached hydrogen (secondary N) is 1. The van der Waals surface area contributed by atoms with Gasteiger partial charge in [-0.25, -0.2) is 0 Å². The maximum absolute atomic E-state index is 12.0. The van der Waals surface area contributed by atoms with Crippen LogP contribution in [0.2, 0.25) is 0 Å². The van der Waals surface area contributed by atoms with Crippen LogP contribution in [0.3, 0.4) is 0 Å². The predicted octanol–water partition coefficient (Wildman–Crippen LogP) is 1.86. The number of aliphatic hydroxyl groups excluding tert-OH is 1. The Hall–Kier alpha value is -1.55. The standard InChI is InChI=1S/C15H21NO3/c1-19-14-4-2-3-11(9-14)10-16-15(18)12-5-7-13(17)8-6-12/h2-4,9,12-13,17H,5-8,10H2,1H3,(H,16,18). The number of carbonyl (C=O) groups is 1. The van der Waals surface area contributed by atoms with Gasteiger partial charge in [0.1, 0.15) is 5.75 Å². The Morgan fingerprint density at radius 2 is 2.11 bits per heavy atom. The highest BCUT2D eigenvalue weighted by Crippen LogP contribution is 2.24. The molecule has 19 heavy (non-hydrogen) atoms. The smallest absolute Gasteiger partial charge is 0.223 e. The van der Waals surface area contributed by atoms with Gasteiger partial charge in [0.2, 0.25) is 5.91 Å². The molecule has 1 aromatic rings. The molecule has 0 radical (unpaired) electrons. The third-order valence-corrected chi connectivity index (χ3v) is 3.67. The molecule has 104 valence electrons. The molecule has 1 fully saturated rings. The maximum Gasteiger partial charge on any atom is 0.223 e. The monoisotopic (exact) mass is 263 g/mol. The molecule has 1 aliphatic rings. The van der Waals surface area contributed by atoms with Crippen LogP contribution in [0.5, 0.6) is 5.75 Å². The van der Waals surface area contributed by atoms with Crippen LogP contribution in [0.25, 0.3) is 0 Å². The van der Waals surface area contributed by atoms with Crippen molar-refractivity contribution in [3.8, 4) is 5.75 Å². The fourth-order valence-electron chi connectivity index (χ4n) is 2.45. The van der Waals surface area contributed by atoms with E-state index in [0.717, 1.165) is 37.0 Å². The molecular formula is C15H21NO3. The summed E-state index contributed by atoms with van der Waals surface area (Å²) in [5.41, 5.74) is 1.03. The van der Waals surface area contributed by atoms with E-state index in [9.17, 15) is 9.90 Å². The first-order chi connectivity index (χ1) is 9.19. The molecule has 0 atom stereocenters. The molecule has 2 rings (SSSR count). The molecule has 0 saturated heterocycles. The first-order valence-corrected chi connectivity index (χ1v) is 6.77. The maximum atomic E-state index is 12.0. The van der Waals surface area contributed by atoms with E-state index < -0.39 is 0 Å². The zero-order chi connectivity index (χ0) is 13.7. The number of hydrogen-bond donors (Lipinski definition) is 2. The topological polar surface area (TPSA) is 58.6 Å². The lowest BCUT2D eigenvalue weighted by Crippen LogP contribution is -2.33. The molecule has 0 bridgehead atoms. The van der Waals surface area contributed by atoms with E-state index in [-0.39, 0.29) is 17.9 Å². The van der Waals surface area contributed by atoms with Crippen LogP contribution in [0.1, 0.15) is 31.2 Å². The van der Waals surface area contributed by atoms with Gasteiger partial charge in [0.15, 0.2) is 0 Å². The van der Waals surface area contributed by atoms with E-state index in [4.69, 9.17) is 4.74 Å². The molecule has 0 spiro atoms. The number of rotatable bonds is 4. The van der Waals surface area contributed by atoms with Crippen molar-refractivity contribution < 1.29 is 14.6 Å². The number of benzene rings is 1. The molecule has 0 aromatic heterocycles. The normalized spacial score (nSPS) is 22.8. The van der Waals surface area contributed by atoms with Gasteiger partial charge in [0.25, 0.3) is 0 Å². The molecule has 1 aromatic carbocycles. The van der Waals surface area contributed by atoms with E-state index >= 15 is 0 Å². The van der Waals surface area contributed by atoms with Crippen molar-refractivity contribution in [1.29, 1.82) is 0 Å². The summed E-state index contributed by atoms with van der Waals surface area (Å²) in [5.74, 6) is 0.941. The van der Waals surface area contributed by atoms with Gasteiger partial charge >= 0.3 is 0 Å². The van der Waals surface area contributed by atoms with Crippen molar-refractivity contribution in [2.75, 3.05) is 7.11 Å². The van der Waals surface area contributed by atoms with Crippen molar-refractivity contribution >= 4 is 5.91 Å². The highest BCUT2D eigenvalue weighted by Gasteiger charge is 2.24. The van der Waals surface area contributed by atoms with Gasteiger partial charge in [-0.3, -0.25) is 4.79 Å². The number of aliphatic hydroxyl groups is 1. The second kappa shape index (κ2) is 6.57. The molecule has 1 aliphatic carbocycles. The third kappa shape index (κ3) is 3.96. The minimum atomic E-state index is -0.220. The largest absolute Gasteiger partial charge is 0.497 e. The Balaban J connectivity index is 1.82. The quantitative estimate of drug-likeness (QED) is 0.871. The minimum Gasteiger partial charge on any atom is -0.497 e. The van der Waals surface area contributed by atoms with Crippen LogP contribution >= 0.6 is 0 Å². The number of ether oxygens (including phenoxy) is 1. The lowest BCUT2D eigenvalue weighted by molar-refractivity contribution is -0.126. The summed E-state index contributed by atoms with van der Waals surface area (Å²) in [5, 5.41) is 12.4. The van der Waals surface area contributed by atoms with Crippen LogP contribution in [0, 0.1) is 5.92 Å². The van der Waals surface area contributed by atoms with Crippen LogP contribution in [0.4, 0.5) is 0 Å². The number of methoxy groups -OCH3 is 1. The Kier molecular flexibility index (Phi) is 4.80. The third-order valence-electron chi connectivity index (χ3n) is 3.67. The zero-order valence-electron chi connectivity index (χ0n) is 11.3. The average Bonchev–Trinajstić information content (AvgIpc) is 2.46. The minimum absolute atomic E-state index is 0.0500. The summed E-state index contributed by atoms with van der Waals surface area (Å²) in [7, 11) is 1.63. The van der Waals surface area contributed by atoms with E-state index in [2.05, 4.69) is 5.32 Å². The van der Waals surface area contributed by atoms with Gasteiger partial charge in [0.05, 0.1) is 13.2 Å². The van der Waals surface area contributed by atoms with Crippen molar-refractivity contribution in [3.63, 3.8) is 0 Å². The molecular weight excluding hydrogens is 242 g/mol. The van der Waals surface area contributed by atoms with E-state index in [0.29, 0.717) is 6.54 Å². The number of hydrogen-bond acceptors (Lipinski definition) is 3. The lowest BCUT2D eigenvalue weighted by atomic mass is 9.87. The summed E-state index contributed by atoms with van der Waals surface area (Å²) >= 11 is 0. The van der Waals surface area contributed by atoms with Gasteiger partial charge in [-0.2, -0.15) is 0 Å². The first-order valence-electron chi connectivity index (χ1n) is 6.77. The Labute approximate surface area is 113 Å². The Bertz CT molecular complexity index is 425. The van der Waals surface area contributed by atoms with E-state index in [1.807, 2.05) is 24.3 Å². The van der Waals surface area contributed by atoms with Gasteiger partial charge in [-0.15, -0.1) is 0 Å². The molecule has 1 amide bonds. The Morgan fingerprint density at radius 3 is 2.79 bits per heavy atom. The van der Waals surface area contributed by atoms with Crippen LogP contribution in [-0.2, 0) is 11.3 Å². The summed E-state index contributed by atoms with van der Waals surface area (Å²) in [4.78, 5) is 12.0. The van der Waals surface area contributed by atoms with Crippen molar-refractivity contribution in [1.82, 2.24) is 5.32 Å². The highest BCUT2D eigenvalue weighted by atomic mass is 16.5. The highest BCUT2D eigenvalue weighted by molar-refractivity contribution is 5.78. The second-order valence-corrected chi connectivity index (χ2v) is 5.07. The van der Waals surface area contributed by atoms with Crippen molar-refractivity contribution in [2.24, 2.45) is 5.92 Å². The zero-order valence-corrected chi connectivity index (χ0v) is 11.3. The van der Waals surface area contributed by atoms with Crippen molar-refractivity contribution in [3.05, 3.63) is 29.8 Å². The predicted molar refractivity (Wildman–Crippen MR) is 72.8 cm³/mol. The molecule has 0 unspecified atom stereocenters. The molecule has 4 heteroatoms. The summed E-state index contributed by atoms with van der Waals surface area (Å²) < 4.78 is 5.15. The summed E-state index contributed by atoms with van der Waals surface area (Å²) in [6.45, 7) is 0.523. The lowest BCUT2D eigenvalue weighted by Gasteiger charge is -2.24. The van der Waals surface area contributed by atoms with Crippen LogP contribution in [-0.4, -0.2) is 24.2 Å². The second-order valence-electron chi connectivity index (χ2n) is 5.07. The van der Waals surface area contributed by atoms with Crippen molar-refractivity contribution in [2.45, 2.75) is 38.3 Å². The Morgan fingerprint density at radius 1 is 1.37 bits per heavy atom. The molecule has 4 nitrogen and oxygen atoms in total. The molecule has 0 aliphatic heterocycles. The van der Waals surface area contributed by atoms with Crippen LogP contribution < -0.4 is 10.1 Å². The van der Waals surface area contributed by atoms with Gasteiger partial charge in [-0.1, -0.05) is 12.1 Å². The summed E-state index contributed by atoms with van der Waals surface area (Å²) in [6, 6.07) is 7.68. The molecule has 2 N–H and O–H groups in total. The fourth-order valence-corrected chi connectivity index (χ4v) is 2.45.